The molecule has 26 heavy (non-hydrogen) atoms. The molecule has 0 unspecified atom stereocenters. The summed E-state index contributed by atoms with van der Waals surface area (Å²) in [6.45, 7) is 1.07. The maximum absolute atomic E-state index is 12.7. The summed E-state index contributed by atoms with van der Waals surface area (Å²) in [5.41, 5.74) is 3.07. The number of imidazole rings is 2. The number of rotatable bonds is 5. The molecule has 8 heteroatoms. The number of amides is 1. The van der Waals surface area contributed by atoms with Crippen LogP contribution >= 0.6 is 0 Å². The van der Waals surface area contributed by atoms with Crippen molar-refractivity contribution in [2.24, 2.45) is 0 Å². The molecule has 0 spiro atoms. The first-order chi connectivity index (χ1) is 12.7. The largest absolute Gasteiger partial charge is 0.383 e. The Morgan fingerprint density at radius 1 is 1.19 bits per heavy atom. The van der Waals surface area contributed by atoms with Gasteiger partial charge in [0.25, 0.3) is 5.91 Å². The number of aromatic amines is 2. The van der Waals surface area contributed by atoms with Crippen molar-refractivity contribution < 1.29 is 9.53 Å². The van der Waals surface area contributed by atoms with Gasteiger partial charge in [0.1, 0.15) is 0 Å². The van der Waals surface area contributed by atoms with E-state index in [1.54, 1.807) is 25.3 Å². The number of ether oxygens (including phenoxy) is 1. The lowest BCUT2D eigenvalue weighted by atomic mass is 10.2. The van der Waals surface area contributed by atoms with Crippen molar-refractivity contribution in [2.45, 2.75) is 6.54 Å². The molecule has 4 aromatic rings. The monoisotopic (exact) mass is 351 g/mol. The van der Waals surface area contributed by atoms with Crippen molar-refractivity contribution in [2.75, 3.05) is 19.0 Å². The van der Waals surface area contributed by atoms with E-state index in [-0.39, 0.29) is 11.6 Å². The molecule has 0 fully saturated rings. The predicted octanol–water partition coefficient (Wildman–Crippen LogP) is 2.10. The van der Waals surface area contributed by atoms with Crippen molar-refractivity contribution in [1.29, 1.82) is 0 Å². The van der Waals surface area contributed by atoms with Crippen molar-refractivity contribution in [3.05, 3.63) is 58.5 Å². The molecule has 1 amide bonds. The van der Waals surface area contributed by atoms with E-state index >= 15 is 0 Å². The van der Waals surface area contributed by atoms with Gasteiger partial charge in [-0.1, -0.05) is 12.1 Å². The maximum atomic E-state index is 12.7. The van der Waals surface area contributed by atoms with Crippen molar-refractivity contribution in [3.8, 4) is 0 Å². The van der Waals surface area contributed by atoms with E-state index in [1.165, 1.54) is 0 Å². The van der Waals surface area contributed by atoms with Gasteiger partial charge in [-0.2, -0.15) is 0 Å². The number of benzene rings is 2. The maximum Gasteiger partial charge on any atom is 0.323 e. The topological polar surface area (TPSA) is 105 Å². The quantitative estimate of drug-likeness (QED) is 0.512. The molecular weight excluding hydrogens is 334 g/mol. The first-order valence-electron chi connectivity index (χ1n) is 8.13. The number of nitrogens with zero attached hydrogens (tertiary/aromatic N) is 2. The van der Waals surface area contributed by atoms with Crippen LogP contribution in [-0.2, 0) is 11.3 Å². The van der Waals surface area contributed by atoms with Gasteiger partial charge in [-0.25, -0.2) is 9.78 Å². The van der Waals surface area contributed by atoms with Crippen LogP contribution in [0.2, 0.25) is 0 Å². The number of para-hydroxylation sites is 2. The molecular formula is C18H17N5O3. The minimum Gasteiger partial charge on any atom is -0.383 e. The Bertz CT molecular complexity index is 1150. The summed E-state index contributed by atoms with van der Waals surface area (Å²) < 4.78 is 7.07. The molecule has 2 aromatic carbocycles. The van der Waals surface area contributed by atoms with Crippen LogP contribution in [0.5, 0.6) is 0 Å². The van der Waals surface area contributed by atoms with Gasteiger partial charge in [-0.05, 0) is 30.3 Å². The number of hydrogen-bond acceptors (Lipinski definition) is 4. The third kappa shape index (κ3) is 2.86. The number of hydrogen-bond donors (Lipinski definition) is 3. The fraction of sp³-hybridized carbons (Fsp3) is 0.167. The number of fused-ring (bicyclic) bond motifs is 2. The third-order valence-corrected chi connectivity index (χ3v) is 4.18. The summed E-state index contributed by atoms with van der Waals surface area (Å²) in [4.78, 5) is 33.8. The Morgan fingerprint density at radius 2 is 2.00 bits per heavy atom. The highest BCUT2D eigenvalue weighted by Crippen LogP contribution is 2.20. The smallest absolute Gasteiger partial charge is 0.323 e. The molecule has 0 aliphatic heterocycles. The Kier molecular flexibility index (Phi) is 4.02. The molecule has 2 heterocycles. The van der Waals surface area contributed by atoms with E-state index in [9.17, 15) is 9.59 Å². The number of nitrogens with one attached hydrogen (secondary N) is 3. The fourth-order valence-electron chi connectivity index (χ4n) is 2.93. The van der Waals surface area contributed by atoms with Crippen LogP contribution in [-0.4, -0.2) is 39.1 Å². The van der Waals surface area contributed by atoms with Crippen LogP contribution in [0.15, 0.2) is 47.3 Å². The second-order valence-electron chi connectivity index (χ2n) is 5.86. The first-order valence-corrected chi connectivity index (χ1v) is 8.13. The summed E-state index contributed by atoms with van der Waals surface area (Å²) in [5, 5.41) is 2.85. The SMILES string of the molecule is COCCn1c(NC(=O)c2ccc3[nH]c(=O)[nH]c3c2)nc2ccccc21. The molecule has 0 saturated carbocycles. The van der Waals surface area contributed by atoms with Gasteiger partial charge < -0.3 is 19.3 Å². The first kappa shape index (κ1) is 16.1. The predicted molar refractivity (Wildman–Crippen MR) is 98.5 cm³/mol. The molecule has 0 aliphatic rings. The van der Waals surface area contributed by atoms with Gasteiger partial charge in [-0.15, -0.1) is 0 Å². The third-order valence-electron chi connectivity index (χ3n) is 4.18. The van der Waals surface area contributed by atoms with E-state index in [2.05, 4.69) is 20.3 Å². The molecule has 3 N–H and O–H groups in total. The molecule has 0 atom stereocenters. The second kappa shape index (κ2) is 6.49. The zero-order valence-corrected chi connectivity index (χ0v) is 14.1. The number of H-pyrrole nitrogens is 2. The van der Waals surface area contributed by atoms with Gasteiger partial charge in [0, 0.05) is 19.2 Å². The Morgan fingerprint density at radius 3 is 2.85 bits per heavy atom. The lowest BCUT2D eigenvalue weighted by Gasteiger charge is -2.09. The lowest BCUT2D eigenvalue weighted by molar-refractivity contribution is 0.102. The zero-order valence-electron chi connectivity index (χ0n) is 14.1. The normalized spacial score (nSPS) is 11.3. The van der Waals surface area contributed by atoms with E-state index in [1.807, 2.05) is 28.8 Å². The molecule has 132 valence electrons. The van der Waals surface area contributed by atoms with Gasteiger partial charge in [-0.3, -0.25) is 10.1 Å². The van der Waals surface area contributed by atoms with Crippen LogP contribution in [0, 0.1) is 0 Å². The lowest BCUT2D eigenvalue weighted by Crippen LogP contribution is -2.17. The average Bonchev–Trinajstić information content (AvgIpc) is 3.18. The van der Waals surface area contributed by atoms with Gasteiger partial charge in [0.15, 0.2) is 0 Å². The van der Waals surface area contributed by atoms with E-state index in [4.69, 9.17) is 4.74 Å². The van der Waals surface area contributed by atoms with Gasteiger partial charge in [0.05, 0.1) is 28.7 Å². The summed E-state index contributed by atoms with van der Waals surface area (Å²) >= 11 is 0. The highest BCUT2D eigenvalue weighted by molar-refractivity contribution is 6.05. The molecule has 0 bridgehead atoms. The highest BCUT2D eigenvalue weighted by Gasteiger charge is 2.15. The number of carbonyl (C=O) groups excluding carboxylic acids is 1. The number of aromatic nitrogens is 4. The number of methoxy groups -OCH3 is 1. The molecule has 0 aliphatic carbocycles. The highest BCUT2D eigenvalue weighted by atomic mass is 16.5. The number of carbonyl (C=O) groups is 1. The van der Waals surface area contributed by atoms with Crippen molar-refractivity contribution in [1.82, 2.24) is 19.5 Å². The van der Waals surface area contributed by atoms with Gasteiger partial charge >= 0.3 is 5.69 Å². The number of anilines is 1. The Labute approximate surface area is 147 Å². The molecule has 2 aromatic heterocycles. The standard InChI is InChI=1S/C18H17N5O3/c1-26-9-8-23-15-5-3-2-4-13(15)19-17(23)22-16(24)11-6-7-12-14(10-11)21-18(25)20-12/h2-7,10H,8-9H2,1H3,(H,19,22,24)(H2,20,21,25). The molecule has 0 saturated heterocycles. The molecule has 4 rings (SSSR count). The van der Waals surface area contributed by atoms with E-state index in [0.717, 1.165) is 11.0 Å². The minimum atomic E-state index is -0.307. The fourth-order valence-corrected chi connectivity index (χ4v) is 2.93. The summed E-state index contributed by atoms with van der Waals surface area (Å²) in [6, 6.07) is 12.6. The van der Waals surface area contributed by atoms with Crippen molar-refractivity contribution in [3.63, 3.8) is 0 Å². The van der Waals surface area contributed by atoms with E-state index in [0.29, 0.717) is 35.7 Å². The summed E-state index contributed by atoms with van der Waals surface area (Å²) in [7, 11) is 1.63. The van der Waals surface area contributed by atoms with Crippen LogP contribution in [0.3, 0.4) is 0 Å². The van der Waals surface area contributed by atoms with Gasteiger partial charge in [0.2, 0.25) is 5.95 Å². The average molecular weight is 351 g/mol. The molecule has 0 radical (unpaired) electrons. The second-order valence-corrected chi connectivity index (χ2v) is 5.86. The minimum absolute atomic E-state index is 0.303. The summed E-state index contributed by atoms with van der Waals surface area (Å²) in [6.07, 6.45) is 0. The van der Waals surface area contributed by atoms with Crippen LogP contribution in [0.4, 0.5) is 5.95 Å². The Balaban J connectivity index is 1.68. The van der Waals surface area contributed by atoms with Crippen molar-refractivity contribution >= 4 is 33.9 Å². The van der Waals surface area contributed by atoms with E-state index < -0.39 is 0 Å². The molecule has 8 nitrogen and oxygen atoms in total. The summed E-state index contributed by atoms with van der Waals surface area (Å²) in [5.74, 6) is 0.152. The van der Waals surface area contributed by atoms with Crippen LogP contribution in [0.25, 0.3) is 22.1 Å². The zero-order chi connectivity index (χ0) is 18.1. The van der Waals surface area contributed by atoms with Crippen LogP contribution < -0.4 is 11.0 Å². The Hall–Kier alpha value is -3.39. The van der Waals surface area contributed by atoms with Crippen LogP contribution in [0.1, 0.15) is 10.4 Å².